The number of aromatic nitrogens is 4. The van der Waals surface area contributed by atoms with Crippen molar-refractivity contribution in [1.29, 1.82) is 0 Å². The third-order valence-electron chi connectivity index (χ3n) is 5.68. The largest absolute Gasteiger partial charge is 0.362 e. The highest BCUT2D eigenvalue weighted by Gasteiger charge is 2.24. The molecule has 0 spiro atoms. The summed E-state index contributed by atoms with van der Waals surface area (Å²) in [4.78, 5) is 48.8. The predicted molar refractivity (Wildman–Crippen MR) is 137 cm³/mol. The molecule has 0 radical (unpaired) electrons. The zero-order chi connectivity index (χ0) is 24.9. The quantitative estimate of drug-likeness (QED) is 0.353. The summed E-state index contributed by atoms with van der Waals surface area (Å²) in [7, 11) is 0. The van der Waals surface area contributed by atoms with Gasteiger partial charge in [-0.15, -0.1) is 0 Å². The Morgan fingerprint density at radius 3 is 2.83 bits per heavy atom. The van der Waals surface area contributed by atoms with Gasteiger partial charge in [-0.25, -0.2) is 9.97 Å². The number of nitrogens with zero attached hydrogens (tertiary/aromatic N) is 3. The number of carbonyl (C=O) groups excluding carboxylic acids is 2. The van der Waals surface area contributed by atoms with E-state index in [-0.39, 0.29) is 24.6 Å². The number of benzene rings is 1. The molecule has 0 saturated heterocycles. The number of rotatable bonds is 7. The first-order valence-corrected chi connectivity index (χ1v) is 11.3. The number of hydrogen-bond donors (Lipinski definition) is 3. The molecule has 0 atom stereocenters. The highest BCUT2D eigenvalue weighted by molar-refractivity contribution is 6.34. The molecular weight excluding hydrogens is 456 g/mol. The Kier molecular flexibility index (Phi) is 6.35. The van der Waals surface area contributed by atoms with Gasteiger partial charge in [0.2, 0.25) is 0 Å². The third-order valence-corrected chi connectivity index (χ3v) is 5.68. The fourth-order valence-electron chi connectivity index (χ4n) is 3.91. The fourth-order valence-corrected chi connectivity index (χ4v) is 3.91. The Hall–Kier alpha value is -5.05. The van der Waals surface area contributed by atoms with Crippen LogP contribution in [0.15, 0.2) is 84.3 Å². The summed E-state index contributed by atoms with van der Waals surface area (Å²) < 4.78 is 1.43. The van der Waals surface area contributed by atoms with Gasteiger partial charge in [-0.2, -0.15) is 0 Å². The molecule has 4 aromatic rings. The number of pyridine rings is 1. The summed E-state index contributed by atoms with van der Waals surface area (Å²) in [5, 5.41) is 5.63. The molecule has 0 saturated carbocycles. The van der Waals surface area contributed by atoms with E-state index < -0.39 is 11.5 Å². The Bertz CT molecular complexity index is 1540. The van der Waals surface area contributed by atoms with Crippen LogP contribution in [0.25, 0.3) is 17.7 Å². The van der Waals surface area contributed by atoms with Crippen molar-refractivity contribution in [1.82, 2.24) is 24.8 Å². The van der Waals surface area contributed by atoms with Gasteiger partial charge in [-0.1, -0.05) is 24.3 Å². The molecular formula is C27H22N6O3. The van der Waals surface area contributed by atoms with Gasteiger partial charge in [0.25, 0.3) is 17.4 Å². The molecule has 9 nitrogen and oxygen atoms in total. The molecule has 36 heavy (non-hydrogen) atoms. The van der Waals surface area contributed by atoms with E-state index in [2.05, 4.69) is 25.6 Å². The first kappa shape index (κ1) is 22.7. The average Bonchev–Trinajstić information content (AvgIpc) is 3.51. The van der Waals surface area contributed by atoms with E-state index in [1.165, 1.54) is 17.0 Å². The molecule has 2 amide bonds. The highest BCUT2D eigenvalue weighted by Crippen LogP contribution is 2.33. The number of anilines is 1. The van der Waals surface area contributed by atoms with E-state index in [9.17, 15) is 14.4 Å². The van der Waals surface area contributed by atoms with Crippen molar-refractivity contribution in [3.63, 3.8) is 0 Å². The smallest absolute Gasteiger partial charge is 0.263 e. The van der Waals surface area contributed by atoms with Crippen molar-refractivity contribution in [2.45, 2.75) is 6.54 Å². The van der Waals surface area contributed by atoms with Crippen molar-refractivity contribution in [3.8, 4) is 0 Å². The topological polar surface area (TPSA) is 122 Å². The maximum atomic E-state index is 12.7. The van der Waals surface area contributed by atoms with Crippen LogP contribution in [-0.2, 0) is 11.3 Å². The zero-order valence-corrected chi connectivity index (χ0v) is 19.1. The van der Waals surface area contributed by atoms with Gasteiger partial charge < -0.3 is 20.2 Å². The molecule has 0 unspecified atom stereocenters. The van der Waals surface area contributed by atoms with Crippen LogP contribution in [0, 0.1) is 0 Å². The maximum absolute atomic E-state index is 12.7. The number of fused-ring (bicyclic) bond motifs is 1. The first-order chi connectivity index (χ1) is 17.6. The molecule has 1 aliphatic heterocycles. The Morgan fingerprint density at radius 1 is 1.11 bits per heavy atom. The molecule has 3 aromatic heterocycles. The molecule has 1 aromatic carbocycles. The standard InChI is InChI=1S/C27H22N6O3/c34-25(22-6-3-13-33(27(22)36)16-20-9-12-28-17-31-20)30-11-1-4-18-7-8-21-23(15-19-5-2-10-29-19)26(35)32-24(21)14-18/h1-10,12-15,17,29H,11,16H2,(H,30,34)(H,32,35). The summed E-state index contributed by atoms with van der Waals surface area (Å²) in [5.74, 6) is -0.608. The average molecular weight is 479 g/mol. The minimum atomic E-state index is -0.456. The summed E-state index contributed by atoms with van der Waals surface area (Å²) in [5.41, 5.74) is 4.23. The van der Waals surface area contributed by atoms with Gasteiger partial charge in [0.1, 0.15) is 11.9 Å². The number of hydrogen-bond acceptors (Lipinski definition) is 5. The lowest BCUT2D eigenvalue weighted by molar-refractivity contribution is -0.110. The van der Waals surface area contributed by atoms with Crippen LogP contribution in [0.4, 0.5) is 5.69 Å². The lowest BCUT2D eigenvalue weighted by atomic mass is 10.0. The summed E-state index contributed by atoms with van der Waals surface area (Å²) in [6.45, 7) is 0.486. The second-order valence-corrected chi connectivity index (χ2v) is 8.11. The summed E-state index contributed by atoms with van der Waals surface area (Å²) in [6.07, 6.45) is 11.9. The van der Waals surface area contributed by atoms with Crippen LogP contribution in [-0.4, -0.2) is 37.9 Å². The lowest BCUT2D eigenvalue weighted by Crippen LogP contribution is -2.33. The minimum Gasteiger partial charge on any atom is -0.362 e. The van der Waals surface area contributed by atoms with E-state index >= 15 is 0 Å². The zero-order valence-electron chi connectivity index (χ0n) is 19.1. The Balaban J connectivity index is 1.22. The van der Waals surface area contributed by atoms with Crippen LogP contribution < -0.4 is 16.2 Å². The van der Waals surface area contributed by atoms with Crippen molar-refractivity contribution in [2.75, 3.05) is 11.9 Å². The molecule has 5 rings (SSSR count). The lowest BCUT2D eigenvalue weighted by Gasteiger charge is -2.07. The van der Waals surface area contributed by atoms with Crippen LogP contribution >= 0.6 is 0 Å². The van der Waals surface area contributed by atoms with Crippen LogP contribution in [0.3, 0.4) is 0 Å². The van der Waals surface area contributed by atoms with Crippen molar-refractivity contribution < 1.29 is 9.59 Å². The van der Waals surface area contributed by atoms with E-state index in [4.69, 9.17) is 0 Å². The maximum Gasteiger partial charge on any atom is 0.263 e. The van der Waals surface area contributed by atoms with Gasteiger partial charge in [-0.3, -0.25) is 14.4 Å². The molecule has 0 bridgehead atoms. The SMILES string of the molecule is O=C1Nc2cc(C=CCNC(=O)c3cccn(Cc4ccncn4)c3=O)ccc2C1=Cc1ccc[nH]1. The van der Waals surface area contributed by atoms with E-state index in [1.54, 1.807) is 36.8 Å². The molecule has 9 heteroatoms. The van der Waals surface area contributed by atoms with Crippen molar-refractivity contribution in [2.24, 2.45) is 0 Å². The van der Waals surface area contributed by atoms with E-state index in [1.807, 2.05) is 42.5 Å². The second-order valence-electron chi connectivity index (χ2n) is 8.11. The van der Waals surface area contributed by atoms with Crippen LogP contribution in [0.2, 0.25) is 0 Å². The van der Waals surface area contributed by atoms with Gasteiger partial charge in [0.05, 0.1) is 17.8 Å². The minimum absolute atomic E-state index is 0.0570. The number of amides is 2. The molecule has 4 heterocycles. The normalized spacial score (nSPS) is 13.7. The number of nitrogens with one attached hydrogen (secondary N) is 3. The monoisotopic (exact) mass is 478 g/mol. The second kappa shape index (κ2) is 10.1. The molecule has 1 aliphatic rings. The Labute approximate surface area is 206 Å². The predicted octanol–water partition coefficient (Wildman–Crippen LogP) is 2.95. The number of aromatic amines is 1. The van der Waals surface area contributed by atoms with Crippen molar-refractivity contribution in [3.05, 3.63) is 118 Å². The summed E-state index contributed by atoms with van der Waals surface area (Å²) in [6, 6.07) is 14.3. The molecule has 0 aliphatic carbocycles. The number of carbonyl (C=O) groups is 2. The third kappa shape index (κ3) is 4.90. The summed E-state index contributed by atoms with van der Waals surface area (Å²) >= 11 is 0. The fraction of sp³-hybridized carbons (Fsp3) is 0.0741. The van der Waals surface area contributed by atoms with Gasteiger partial charge in [0.15, 0.2) is 0 Å². The van der Waals surface area contributed by atoms with Gasteiger partial charge in [-0.05, 0) is 48.0 Å². The van der Waals surface area contributed by atoms with Gasteiger partial charge >= 0.3 is 0 Å². The highest BCUT2D eigenvalue weighted by atomic mass is 16.2. The molecule has 0 fully saturated rings. The number of H-pyrrole nitrogens is 1. The van der Waals surface area contributed by atoms with Gasteiger partial charge in [0, 0.05) is 42.1 Å². The van der Waals surface area contributed by atoms with Crippen LogP contribution in [0.5, 0.6) is 0 Å². The van der Waals surface area contributed by atoms with E-state index in [0.29, 0.717) is 11.3 Å². The molecule has 3 N–H and O–H groups in total. The molecule has 178 valence electrons. The Morgan fingerprint density at radius 2 is 2.03 bits per heavy atom. The van der Waals surface area contributed by atoms with Crippen LogP contribution in [0.1, 0.15) is 32.9 Å². The van der Waals surface area contributed by atoms with E-state index in [0.717, 1.165) is 22.5 Å². The van der Waals surface area contributed by atoms with Crippen molar-refractivity contribution >= 4 is 35.2 Å². The first-order valence-electron chi connectivity index (χ1n) is 11.3.